The van der Waals surface area contributed by atoms with E-state index < -0.39 is 0 Å². The number of aryl methyl sites for hydroxylation is 1. The molecule has 0 spiro atoms. The first-order valence-corrected chi connectivity index (χ1v) is 7.12. The highest BCUT2D eigenvalue weighted by atomic mass is 16.1. The summed E-state index contributed by atoms with van der Waals surface area (Å²) in [6.07, 6.45) is 5.20. The molecular formula is C16H23NO. The highest BCUT2D eigenvalue weighted by Gasteiger charge is 2.15. The Bertz CT molecular complexity index is 394. The zero-order valence-corrected chi connectivity index (χ0v) is 11.2. The fourth-order valence-corrected chi connectivity index (χ4v) is 2.61. The van der Waals surface area contributed by atoms with Crippen LogP contribution in [0.25, 0.3) is 0 Å². The predicted octanol–water partition coefficient (Wildman–Crippen LogP) is 3.21. The number of nitrogens with one attached hydrogen (secondary N) is 1. The highest BCUT2D eigenvalue weighted by molar-refractivity contribution is 5.96. The smallest absolute Gasteiger partial charge is 0.162 e. The molecule has 0 bridgehead atoms. The van der Waals surface area contributed by atoms with Crippen molar-refractivity contribution < 1.29 is 4.79 Å². The predicted molar refractivity (Wildman–Crippen MR) is 75.0 cm³/mol. The van der Waals surface area contributed by atoms with Crippen LogP contribution in [0, 0.1) is 5.92 Å². The molecule has 2 nitrogen and oxygen atoms in total. The standard InChI is InChI=1S/C16H23NO/c1-2-13-4-3-5-15(12-13)16(18)7-6-14-8-10-17-11-9-14/h3-5,12,14,17H,2,6-11H2,1H3. The van der Waals surface area contributed by atoms with Gasteiger partial charge in [-0.3, -0.25) is 4.79 Å². The number of piperidine rings is 1. The van der Waals surface area contributed by atoms with Gasteiger partial charge < -0.3 is 5.32 Å². The summed E-state index contributed by atoms with van der Waals surface area (Å²) >= 11 is 0. The first kappa shape index (κ1) is 13.3. The maximum Gasteiger partial charge on any atom is 0.162 e. The minimum Gasteiger partial charge on any atom is -0.317 e. The van der Waals surface area contributed by atoms with Gasteiger partial charge in [0.25, 0.3) is 0 Å². The Labute approximate surface area is 110 Å². The lowest BCUT2D eigenvalue weighted by molar-refractivity contribution is 0.0970. The number of hydrogen-bond acceptors (Lipinski definition) is 2. The second-order valence-corrected chi connectivity index (χ2v) is 5.21. The maximum atomic E-state index is 12.1. The summed E-state index contributed by atoms with van der Waals surface area (Å²) in [6.45, 7) is 4.35. The Morgan fingerprint density at radius 3 is 2.83 bits per heavy atom. The molecular weight excluding hydrogens is 222 g/mol. The molecule has 1 aromatic rings. The molecule has 2 heteroatoms. The van der Waals surface area contributed by atoms with E-state index in [0.29, 0.717) is 12.2 Å². The summed E-state index contributed by atoms with van der Waals surface area (Å²) in [5.74, 6) is 1.05. The summed E-state index contributed by atoms with van der Waals surface area (Å²) in [4.78, 5) is 12.1. The van der Waals surface area contributed by atoms with Crippen LogP contribution in [0.3, 0.4) is 0 Å². The fraction of sp³-hybridized carbons (Fsp3) is 0.562. The number of carbonyl (C=O) groups is 1. The quantitative estimate of drug-likeness (QED) is 0.807. The second-order valence-electron chi connectivity index (χ2n) is 5.21. The molecule has 18 heavy (non-hydrogen) atoms. The third-order valence-corrected chi connectivity index (χ3v) is 3.90. The molecule has 0 amide bonds. The van der Waals surface area contributed by atoms with Crippen LogP contribution in [-0.4, -0.2) is 18.9 Å². The lowest BCUT2D eigenvalue weighted by Gasteiger charge is -2.22. The molecule has 2 rings (SSSR count). The van der Waals surface area contributed by atoms with E-state index in [4.69, 9.17) is 0 Å². The highest BCUT2D eigenvalue weighted by Crippen LogP contribution is 2.19. The minimum atomic E-state index is 0.309. The molecule has 1 saturated heterocycles. The van der Waals surface area contributed by atoms with Gasteiger partial charge in [-0.15, -0.1) is 0 Å². The first-order chi connectivity index (χ1) is 8.79. The zero-order chi connectivity index (χ0) is 12.8. The molecule has 0 saturated carbocycles. The molecule has 98 valence electrons. The van der Waals surface area contributed by atoms with Gasteiger partial charge in [0.15, 0.2) is 5.78 Å². The molecule has 1 fully saturated rings. The minimum absolute atomic E-state index is 0.309. The molecule has 0 radical (unpaired) electrons. The molecule has 1 aromatic carbocycles. The molecule has 0 atom stereocenters. The van der Waals surface area contributed by atoms with Crippen molar-refractivity contribution in [3.05, 3.63) is 35.4 Å². The normalized spacial score (nSPS) is 16.7. The van der Waals surface area contributed by atoms with E-state index in [2.05, 4.69) is 18.3 Å². The lowest BCUT2D eigenvalue weighted by Crippen LogP contribution is -2.28. The maximum absolute atomic E-state index is 12.1. The monoisotopic (exact) mass is 245 g/mol. The number of Topliss-reactive ketones (excluding diaryl/α,β-unsaturated/α-hetero) is 1. The number of carbonyl (C=O) groups excluding carboxylic acids is 1. The van der Waals surface area contributed by atoms with Crippen LogP contribution in [0.15, 0.2) is 24.3 Å². The Hall–Kier alpha value is -1.15. The largest absolute Gasteiger partial charge is 0.317 e. The Morgan fingerprint density at radius 2 is 2.11 bits per heavy atom. The molecule has 1 aliphatic rings. The number of rotatable bonds is 5. The van der Waals surface area contributed by atoms with E-state index in [-0.39, 0.29) is 0 Å². The van der Waals surface area contributed by atoms with Crippen LogP contribution in [0.5, 0.6) is 0 Å². The fourth-order valence-electron chi connectivity index (χ4n) is 2.61. The van der Waals surface area contributed by atoms with Crippen molar-refractivity contribution in [2.45, 2.75) is 39.0 Å². The first-order valence-electron chi connectivity index (χ1n) is 7.12. The van der Waals surface area contributed by atoms with Crippen LogP contribution >= 0.6 is 0 Å². The van der Waals surface area contributed by atoms with Crippen molar-refractivity contribution in [3.8, 4) is 0 Å². The van der Waals surface area contributed by atoms with Crippen molar-refractivity contribution in [2.75, 3.05) is 13.1 Å². The third-order valence-electron chi connectivity index (χ3n) is 3.90. The average molecular weight is 245 g/mol. The van der Waals surface area contributed by atoms with E-state index in [1.54, 1.807) is 0 Å². The van der Waals surface area contributed by atoms with Crippen LogP contribution in [0.2, 0.25) is 0 Å². The van der Waals surface area contributed by atoms with Gasteiger partial charge in [-0.2, -0.15) is 0 Å². The van der Waals surface area contributed by atoms with Crippen molar-refractivity contribution in [1.82, 2.24) is 5.32 Å². The summed E-state index contributed by atoms with van der Waals surface area (Å²) in [6, 6.07) is 8.08. The van der Waals surface area contributed by atoms with E-state index in [0.717, 1.165) is 37.4 Å². The summed E-state index contributed by atoms with van der Waals surface area (Å²) in [5, 5.41) is 3.36. The molecule has 0 aliphatic carbocycles. The Balaban J connectivity index is 1.86. The van der Waals surface area contributed by atoms with E-state index in [1.807, 2.05) is 18.2 Å². The third kappa shape index (κ3) is 3.67. The number of hydrogen-bond donors (Lipinski definition) is 1. The molecule has 1 aliphatic heterocycles. The van der Waals surface area contributed by atoms with Gasteiger partial charge in [-0.05, 0) is 56.3 Å². The van der Waals surface area contributed by atoms with Gasteiger partial charge in [-0.25, -0.2) is 0 Å². The van der Waals surface area contributed by atoms with Gasteiger partial charge in [0, 0.05) is 12.0 Å². The van der Waals surface area contributed by atoms with E-state index >= 15 is 0 Å². The topological polar surface area (TPSA) is 29.1 Å². The van der Waals surface area contributed by atoms with Gasteiger partial charge in [0.2, 0.25) is 0 Å². The van der Waals surface area contributed by atoms with Gasteiger partial charge in [0.05, 0.1) is 0 Å². The number of ketones is 1. The van der Waals surface area contributed by atoms with E-state index in [9.17, 15) is 4.79 Å². The Morgan fingerprint density at radius 1 is 1.33 bits per heavy atom. The van der Waals surface area contributed by atoms with Gasteiger partial charge in [0.1, 0.15) is 0 Å². The molecule has 0 aromatic heterocycles. The number of benzene rings is 1. The van der Waals surface area contributed by atoms with Crippen molar-refractivity contribution in [2.24, 2.45) is 5.92 Å². The Kier molecular flexibility index (Phi) is 4.94. The van der Waals surface area contributed by atoms with Crippen LogP contribution in [-0.2, 0) is 6.42 Å². The van der Waals surface area contributed by atoms with Crippen LogP contribution < -0.4 is 5.32 Å². The molecule has 0 unspecified atom stereocenters. The summed E-state index contributed by atoms with van der Waals surface area (Å²) in [7, 11) is 0. The van der Waals surface area contributed by atoms with Gasteiger partial charge >= 0.3 is 0 Å². The van der Waals surface area contributed by atoms with Crippen molar-refractivity contribution in [1.29, 1.82) is 0 Å². The molecule has 1 N–H and O–H groups in total. The van der Waals surface area contributed by atoms with Crippen molar-refractivity contribution >= 4 is 5.78 Å². The van der Waals surface area contributed by atoms with E-state index in [1.165, 1.54) is 18.4 Å². The zero-order valence-electron chi connectivity index (χ0n) is 11.2. The SMILES string of the molecule is CCc1cccc(C(=O)CCC2CCNCC2)c1. The molecule has 1 heterocycles. The second kappa shape index (κ2) is 6.69. The summed E-state index contributed by atoms with van der Waals surface area (Å²) < 4.78 is 0. The summed E-state index contributed by atoms with van der Waals surface area (Å²) in [5.41, 5.74) is 2.14. The van der Waals surface area contributed by atoms with Crippen molar-refractivity contribution in [3.63, 3.8) is 0 Å². The van der Waals surface area contributed by atoms with Crippen LogP contribution in [0.4, 0.5) is 0 Å². The van der Waals surface area contributed by atoms with Gasteiger partial charge in [-0.1, -0.05) is 25.1 Å². The lowest BCUT2D eigenvalue weighted by atomic mass is 9.91. The average Bonchev–Trinajstić information content (AvgIpc) is 2.46. The van der Waals surface area contributed by atoms with Crippen LogP contribution in [0.1, 0.15) is 48.5 Å².